The van der Waals surface area contributed by atoms with Gasteiger partial charge in [0.25, 0.3) is 0 Å². The normalized spacial score (nSPS) is 13.1. The molecule has 2 aromatic carbocycles. The van der Waals surface area contributed by atoms with Gasteiger partial charge in [0.2, 0.25) is 22.1 Å². The second-order valence-corrected chi connectivity index (χ2v) is 12.7. The first-order valence-electron chi connectivity index (χ1n) is 13.1. The van der Waals surface area contributed by atoms with Crippen LogP contribution in [0.1, 0.15) is 58.3 Å². The standard InChI is InChI=1S/C28H30N6O2S3/c35-23(16-19-6-2-1-3-7-19)30-28-34-32-26(39-28)18-37-15-5-10-25-31-33-27(38-25)29-24(36)17-20-11-13-22(14-12-20)21-8-4-9-21/h1-3,6-7,11-14,21H,4-5,8-10,15-18H2,(H,29,33,36)(H,30,34,35). The van der Waals surface area contributed by atoms with Crippen molar-refractivity contribution in [2.45, 2.75) is 56.6 Å². The van der Waals surface area contributed by atoms with E-state index in [1.54, 1.807) is 11.8 Å². The van der Waals surface area contributed by atoms with E-state index in [4.69, 9.17) is 0 Å². The Hall–Kier alpha value is -3.15. The minimum Gasteiger partial charge on any atom is -0.300 e. The van der Waals surface area contributed by atoms with Gasteiger partial charge < -0.3 is 10.6 Å². The quantitative estimate of drug-likeness (QED) is 0.191. The summed E-state index contributed by atoms with van der Waals surface area (Å²) in [5.41, 5.74) is 3.35. The topological polar surface area (TPSA) is 110 Å². The number of amides is 2. The Labute approximate surface area is 240 Å². The smallest absolute Gasteiger partial charge is 0.230 e. The Morgan fingerprint density at radius 3 is 2.05 bits per heavy atom. The molecule has 4 aromatic rings. The highest BCUT2D eigenvalue weighted by Gasteiger charge is 2.19. The zero-order valence-corrected chi connectivity index (χ0v) is 23.9. The predicted molar refractivity (Wildman–Crippen MR) is 158 cm³/mol. The lowest BCUT2D eigenvalue weighted by molar-refractivity contribution is -0.116. The van der Waals surface area contributed by atoms with Crippen LogP contribution in [0.4, 0.5) is 10.3 Å². The number of carbonyl (C=O) groups excluding carboxylic acids is 2. The van der Waals surface area contributed by atoms with Crippen LogP contribution in [0, 0.1) is 0 Å². The van der Waals surface area contributed by atoms with Crippen molar-refractivity contribution in [3.8, 4) is 0 Å². The first kappa shape index (κ1) is 27.4. The molecule has 0 spiro atoms. The number of anilines is 2. The molecular weight excluding hydrogens is 549 g/mol. The van der Waals surface area contributed by atoms with Gasteiger partial charge in [-0.1, -0.05) is 83.7 Å². The Balaban J connectivity index is 0.965. The van der Waals surface area contributed by atoms with Crippen molar-refractivity contribution in [2.75, 3.05) is 16.4 Å². The van der Waals surface area contributed by atoms with E-state index in [0.717, 1.165) is 45.5 Å². The maximum Gasteiger partial charge on any atom is 0.230 e. The van der Waals surface area contributed by atoms with Gasteiger partial charge in [-0.2, -0.15) is 11.8 Å². The zero-order chi connectivity index (χ0) is 26.9. The lowest BCUT2D eigenvalue weighted by Gasteiger charge is -2.25. The number of thioether (sulfide) groups is 1. The number of hydrogen-bond acceptors (Lipinski definition) is 9. The second-order valence-electron chi connectivity index (χ2n) is 9.46. The van der Waals surface area contributed by atoms with Crippen molar-refractivity contribution in [2.24, 2.45) is 0 Å². The molecule has 1 saturated carbocycles. The summed E-state index contributed by atoms with van der Waals surface area (Å²) in [5.74, 6) is 2.21. The molecule has 1 aliphatic carbocycles. The molecule has 2 aromatic heterocycles. The molecule has 1 aliphatic rings. The molecule has 8 nitrogen and oxygen atoms in total. The number of benzene rings is 2. The van der Waals surface area contributed by atoms with Crippen LogP contribution in [0.25, 0.3) is 0 Å². The monoisotopic (exact) mass is 578 g/mol. The van der Waals surface area contributed by atoms with Crippen LogP contribution >= 0.6 is 34.4 Å². The Bertz CT molecular complexity index is 1370. The number of aromatic nitrogens is 4. The van der Waals surface area contributed by atoms with E-state index in [9.17, 15) is 9.59 Å². The molecule has 11 heteroatoms. The molecule has 0 bridgehead atoms. The fraction of sp³-hybridized carbons (Fsp3) is 0.357. The third-order valence-corrected chi connectivity index (χ3v) is 9.43. The minimum atomic E-state index is -0.0953. The summed E-state index contributed by atoms with van der Waals surface area (Å²) in [5, 5.41) is 25.2. The molecule has 202 valence electrons. The summed E-state index contributed by atoms with van der Waals surface area (Å²) in [6.07, 6.45) is 6.27. The molecule has 2 N–H and O–H groups in total. The third kappa shape index (κ3) is 8.42. The number of nitrogens with one attached hydrogen (secondary N) is 2. The Kier molecular flexibility index (Phi) is 9.68. The van der Waals surface area contributed by atoms with E-state index in [2.05, 4.69) is 55.3 Å². The molecule has 39 heavy (non-hydrogen) atoms. The van der Waals surface area contributed by atoms with Crippen molar-refractivity contribution in [3.63, 3.8) is 0 Å². The first-order valence-corrected chi connectivity index (χ1v) is 15.8. The molecule has 2 amide bonds. The van der Waals surface area contributed by atoms with Crippen LogP contribution < -0.4 is 10.6 Å². The number of hydrogen-bond donors (Lipinski definition) is 2. The molecule has 2 heterocycles. The number of carbonyl (C=O) groups is 2. The second kappa shape index (κ2) is 13.8. The lowest BCUT2D eigenvalue weighted by Crippen LogP contribution is -2.14. The van der Waals surface area contributed by atoms with E-state index in [1.165, 1.54) is 47.5 Å². The molecule has 0 atom stereocenters. The van der Waals surface area contributed by atoms with Gasteiger partial charge in [-0.15, -0.1) is 20.4 Å². The molecule has 5 rings (SSSR count). The molecule has 0 saturated heterocycles. The van der Waals surface area contributed by atoms with E-state index in [1.807, 2.05) is 30.3 Å². The fourth-order valence-corrected chi connectivity index (χ4v) is 6.76. The summed E-state index contributed by atoms with van der Waals surface area (Å²) in [6, 6.07) is 18.0. The third-order valence-electron chi connectivity index (χ3n) is 6.46. The van der Waals surface area contributed by atoms with Crippen LogP contribution in [-0.2, 0) is 34.6 Å². The van der Waals surface area contributed by atoms with Gasteiger partial charge in [0.1, 0.15) is 10.0 Å². The van der Waals surface area contributed by atoms with Crippen molar-refractivity contribution in [3.05, 3.63) is 81.3 Å². The number of rotatable bonds is 13. The van der Waals surface area contributed by atoms with Crippen LogP contribution in [0.2, 0.25) is 0 Å². The lowest BCUT2D eigenvalue weighted by atomic mass is 9.80. The maximum absolute atomic E-state index is 12.4. The van der Waals surface area contributed by atoms with E-state index < -0.39 is 0 Å². The predicted octanol–water partition coefficient (Wildman–Crippen LogP) is 5.89. The Morgan fingerprint density at radius 1 is 0.795 bits per heavy atom. The fourth-order valence-electron chi connectivity index (χ4n) is 4.20. The highest BCUT2D eigenvalue weighted by molar-refractivity contribution is 7.98. The van der Waals surface area contributed by atoms with Crippen LogP contribution in [0.5, 0.6) is 0 Å². The first-order chi connectivity index (χ1) is 19.1. The largest absolute Gasteiger partial charge is 0.300 e. The van der Waals surface area contributed by atoms with Gasteiger partial charge in [0.15, 0.2) is 0 Å². The van der Waals surface area contributed by atoms with Gasteiger partial charge in [-0.25, -0.2) is 0 Å². The molecule has 1 fully saturated rings. The van der Waals surface area contributed by atoms with Crippen LogP contribution in [0.15, 0.2) is 54.6 Å². The van der Waals surface area contributed by atoms with E-state index >= 15 is 0 Å². The van der Waals surface area contributed by atoms with Gasteiger partial charge in [-0.05, 0) is 47.6 Å². The summed E-state index contributed by atoms with van der Waals surface area (Å²) in [6.45, 7) is 0. The van der Waals surface area contributed by atoms with Gasteiger partial charge in [0.05, 0.1) is 12.8 Å². The highest BCUT2D eigenvalue weighted by atomic mass is 32.2. The van der Waals surface area contributed by atoms with Crippen molar-refractivity contribution in [1.82, 2.24) is 20.4 Å². The summed E-state index contributed by atoms with van der Waals surface area (Å²) in [4.78, 5) is 24.6. The van der Waals surface area contributed by atoms with Crippen molar-refractivity contribution in [1.29, 1.82) is 0 Å². The summed E-state index contributed by atoms with van der Waals surface area (Å²) >= 11 is 4.60. The maximum atomic E-state index is 12.4. The minimum absolute atomic E-state index is 0.0719. The SMILES string of the molecule is O=C(Cc1ccc(C2CCC2)cc1)Nc1nnc(CCCSCc2nnc(NC(=O)Cc3ccccc3)s2)s1. The molecular formula is C28H30N6O2S3. The van der Waals surface area contributed by atoms with Gasteiger partial charge in [0, 0.05) is 12.2 Å². The van der Waals surface area contributed by atoms with E-state index in [0.29, 0.717) is 29.0 Å². The zero-order valence-electron chi connectivity index (χ0n) is 21.5. The van der Waals surface area contributed by atoms with Gasteiger partial charge in [-0.3, -0.25) is 9.59 Å². The van der Waals surface area contributed by atoms with Crippen molar-refractivity contribution < 1.29 is 9.59 Å². The average molecular weight is 579 g/mol. The Morgan fingerprint density at radius 2 is 1.41 bits per heavy atom. The van der Waals surface area contributed by atoms with Gasteiger partial charge >= 0.3 is 0 Å². The number of nitrogens with zero attached hydrogens (tertiary/aromatic N) is 4. The number of aryl methyl sites for hydroxylation is 1. The van der Waals surface area contributed by atoms with Crippen LogP contribution in [-0.4, -0.2) is 38.0 Å². The summed E-state index contributed by atoms with van der Waals surface area (Å²) in [7, 11) is 0. The highest BCUT2D eigenvalue weighted by Crippen LogP contribution is 2.36. The van der Waals surface area contributed by atoms with Crippen LogP contribution in [0.3, 0.4) is 0 Å². The molecule has 0 radical (unpaired) electrons. The molecule has 0 aliphatic heterocycles. The molecule has 0 unspecified atom stereocenters. The van der Waals surface area contributed by atoms with E-state index in [-0.39, 0.29) is 11.8 Å². The average Bonchev–Trinajstić information content (AvgIpc) is 3.53. The summed E-state index contributed by atoms with van der Waals surface area (Å²) < 4.78 is 0. The van der Waals surface area contributed by atoms with Crippen molar-refractivity contribution >= 4 is 56.5 Å².